The van der Waals surface area contributed by atoms with Crippen molar-refractivity contribution in [1.82, 2.24) is 19.7 Å². The molecule has 1 aromatic carbocycles. The molecule has 1 saturated heterocycles. The molecule has 6 heteroatoms. The zero-order valence-electron chi connectivity index (χ0n) is 11.0. The molecule has 0 radical (unpaired) electrons. The van der Waals surface area contributed by atoms with Crippen LogP contribution in [0.25, 0.3) is 10.2 Å². The van der Waals surface area contributed by atoms with Gasteiger partial charge in [-0.05, 0) is 25.0 Å². The fourth-order valence-electron chi connectivity index (χ4n) is 2.80. The molecule has 1 fully saturated rings. The molecule has 3 heterocycles. The van der Waals surface area contributed by atoms with Crippen molar-refractivity contribution in [3.05, 3.63) is 36.9 Å². The van der Waals surface area contributed by atoms with Crippen LogP contribution in [0.2, 0.25) is 0 Å². The fourth-order valence-corrected chi connectivity index (χ4v) is 3.87. The van der Waals surface area contributed by atoms with E-state index >= 15 is 0 Å². The molecule has 1 aliphatic heterocycles. The molecule has 3 aromatic rings. The first-order chi connectivity index (χ1) is 9.90. The summed E-state index contributed by atoms with van der Waals surface area (Å²) in [5.41, 5.74) is 1.10. The van der Waals surface area contributed by atoms with Crippen LogP contribution >= 0.6 is 11.3 Å². The van der Waals surface area contributed by atoms with Gasteiger partial charge in [-0.2, -0.15) is 5.10 Å². The van der Waals surface area contributed by atoms with Crippen LogP contribution in [0.3, 0.4) is 0 Å². The third-order valence-corrected chi connectivity index (χ3v) is 4.84. The highest BCUT2D eigenvalue weighted by atomic mass is 32.1. The van der Waals surface area contributed by atoms with Gasteiger partial charge in [-0.3, -0.25) is 4.68 Å². The van der Waals surface area contributed by atoms with Crippen molar-refractivity contribution in [3.8, 4) is 0 Å². The van der Waals surface area contributed by atoms with Crippen LogP contribution in [0.15, 0.2) is 36.9 Å². The van der Waals surface area contributed by atoms with Gasteiger partial charge in [0, 0.05) is 6.54 Å². The highest BCUT2D eigenvalue weighted by Gasteiger charge is 2.27. The molecule has 0 aliphatic carbocycles. The Morgan fingerprint density at radius 1 is 1.30 bits per heavy atom. The molecule has 20 heavy (non-hydrogen) atoms. The third-order valence-electron chi connectivity index (χ3n) is 3.77. The van der Waals surface area contributed by atoms with Gasteiger partial charge in [0.05, 0.1) is 22.8 Å². The second kappa shape index (κ2) is 4.86. The maximum absolute atomic E-state index is 4.77. The highest BCUT2D eigenvalue weighted by Crippen LogP contribution is 2.33. The molecule has 1 atom stereocenters. The number of benzene rings is 1. The van der Waals surface area contributed by atoms with Gasteiger partial charge in [0.2, 0.25) is 0 Å². The van der Waals surface area contributed by atoms with E-state index in [0.29, 0.717) is 6.04 Å². The predicted octanol–water partition coefficient (Wildman–Crippen LogP) is 2.56. The van der Waals surface area contributed by atoms with E-state index in [4.69, 9.17) is 4.98 Å². The van der Waals surface area contributed by atoms with Gasteiger partial charge in [-0.15, -0.1) is 0 Å². The molecule has 1 unspecified atom stereocenters. The van der Waals surface area contributed by atoms with E-state index in [-0.39, 0.29) is 0 Å². The Morgan fingerprint density at radius 2 is 2.25 bits per heavy atom. The first kappa shape index (κ1) is 11.8. The van der Waals surface area contributed by atoms with Crippen LogP contribution in [0.5, 0.6) is 0 Å². The van der Waals surface area contributed by atoms with Crippen molar-refractivity contribution in [3.63, 3.8) is 0 Å². The SMILES string of the molecule is c1ccc2sc(N3CCCC3Cn3cncn3)nc2c1. The number of para-hydroxylation sites is 1. The highest BCUT2D eigenvalue weighted by molar-refractivity contribution is 7.22. The minimum absolute atomic E-state index is 0.470. The standard InChI is InChI=1S/C14H15N5S/c1-2-6-13-12(5-1)17-14(20-13)19-7-3-4-11(19)8-18-10-15-9-16-18/h1-2,5-6,9-11H,3-4,7-8H2. The lowest BCUT2D eigenvalue weighted by atomic mass is 10.2. The van der Waals surface area contributed by atoms with Gasteiger partial charge in [0.1, 0.15) is 12.7 Å². The molecule has 0 amide bonds. The normalized spacial score (nSPS) is 19.0. The molecule has 0 bridgehead atoms. The summed E-state index contributed by atoms with van der Waals surface area (Å²) in [6, 6.07) is 8.80. The topological polar surface area (TPSA) is 46.8 Å². The van der Waals surface area contributed by atoms with Crippen molar-refractivity contribution < 1.29 is 0 Å². The molecular weight excluding hydrogens is 270 g/mol. The first-order valence-electron chi connectivity index (χ1n) is 6.85. The van der Waals surface area contributed by atoms with Gasteiger partial charge in [0.15, 0.2) is 5.13 Å². The average molecular weight is 285 g/mol. The summed E-state index contributed by atoms with van der Waals surface area (Å²) in [5, 5.41) is 5.35. The van der Waals surface area contributed by atoms with Crippen molar-refractivity contribution in [1.29, 1.82) is 0 Å². The number of anilines is 1. The second-order valence-electron chi connectivity index (χ2n) is 5.07. The Labute approximate surface area is 120 Å². The molecule has 102 valence electrons. The van der Waals surface area contributed by atoms with E-state index in [1.807, 2.05) is 10.7 Å². The van der Waals surface area contributed by atoms with Gasteiger partial charge >= 0.3 is 0 Å². The predicted molar refractivity (Wildman–Crippen MR) is 80.0 cm³/mol. The maximum atomic E-state index is 4.77. The number of fused-ring (bicyclic) bond motifs is 1. The zero-order chi connectivity index (χ0) is 13.4. The Bertz CT molecular complexity index is 672. The number of aromatic nitrogens is 4. The second-order valence-corrected chi connectivity index (χ2v) is 6.08. The molecule has 2 aromatic heterocycles. The molecule has 1 aliphatic rings. The third kappa shape index (κ3) is 2.06. The monoisotopic (exact) mass is 285 g/mol. The Morgan fingerprint density at radius 3 is 3.10 bits per heavy atom. The smallest absolute Gasteiger partial charge is 0.186 e. The minimum atomic E-state index is 0.470. The largest absolute Gasteiger partial charge is 0.343 e. The van der Waals surface area contributed by atoms with Crippen molar-refractivity contribution in [2.45, 2.75) is 25.4 Å². The molecule has 0 N–H and O–H groups in total. The maximum Gasteiger partial charge on any atom is 0.186 e. The molecule has 0 saturated carbocycles. The summed E-state index contributed by atoms with van der Waals surface area (Å²) in [6.07, 6.45) is 5.79. The summed E-state index contributed by atoms with van der Waals surface area (Å²) < 4.78 is 3.17. The lowest BCUT2D eigenvalue weighted by molar-refractivity contribution is 0.508. The number of nitrogens with zero attached hydrogens (tertiary/aromatic N) is 5. The van der Waals surface area contributed by atoms with Gasteiger partial charge in [0.25, 0.3) is 0 Å². The van der Waals surface area contributed by atoms with E-state index < -0.39 is 0 Å². The van der Waals surface area contributed by atoms with Crippen molar-refractivity contribution in [2.24, 2.45) is 0 Å². The summed E-state index contributed by atoms with van der Waals surface area (Å²) in [7, 11) is 0. The number of hydrogen-bond acceptors (Lipinski definition) is 5. The van der Waals surface area contributed by atoms with Crippen LogP contribution in [0, 0.1) is 0 Å². The van der Waals surface area contributed by atoms with E-state index in [1.165, 1.54) is 17.5 Å². The first-order valence-corrected chi connectivity index (χ1v) is 7.66. The van der Waals surface area contributed by atoms with Gasteiger partial charge < -0.3 is 4.90 Å². The number of hydrogen-bond donors (Lipinski definition) is 0. The molecule has 4 rings (SSSR count). The van der Waals surface area contributed by atoms with Crippen LogP contribution in [0.1, 0.15) is 12.8 Å². The summed E-state index contributed by atoms with van der Waals surface area (Å²) >= 11 is 1.78. The molecular formula is C14H15N5S. The van der Waals surface area contributed by atoms with Crippen molar-refractivity contribution >= 4 is 26.7 Å². The van der Waals surface area contributed by atoms with Crippen LogP contribution in [0.4, 0.5) is 5.13 Å². The Balaban J connectivity index is 1.62. The number of thiazole rings is 1. The van der Waals surface area contributed by atoms with Gasteiger partial charge in [-0.25, -0.2) is 9.97 Å². The van der Waals surface area contributed by atoms with Crippen LogP contribution in [-0.2, 0) is 6.54 Å². The van der Waals surface area contributed by atoms with E-state index in [2.05, 4.69) is 33.2 Å². The fraction of sp³-hybridized carbons (Fsp3) is 0.357. The van der Waals surface area contributed by atoms with Crippen molar-refractivity contribution in [2.75, 3.05) is 11.4 Å². The number of rotatable bonds is 3. The Hall–Kier alpha value is -1.95. The quantitative estimate of drug-likeness (QED) is 0.742. The zero-order valence-corrected chi connectivity index (χ0v) is 11.8. The van der Waals surface area contributed by atoms with E-state index in [0.717, 1.165) is 23.7 Å². The average Bonchev–Trinajstić information content (AvgIpc) is 3.18. The van der Waals surface area contributed by atoms with E-state index in [1.54, 1.807) is 24.0 Å². The Kier molecular flexibility index (Phi) is 2.88. The minimum Gasteiger partial charge on any atom is -0.343 e. The lowest BCUT2D eigenvalue weighted by Crippen LogP contribution is -2.33. The van der Waals surface area contributed by atoms with E-state index in [9.17, 15) is 0 Å². The molecule has 5 nitrogen and oxygen atoms in total. The lowest BCUT2D eigenvalue weighted by Gasteiger charge is -2.23. The molecule has 0 spiro atoms. The summed E-state index contributed by atoms with van der Waals surface area (Å²) in [5.74, 6) is 0. The van der Waals surface area contributed by atoms with Crippen LogP contribution < -0.4 is 4.90 Å². The summed E-state index contributed by atoms with van der Waals surface area (Å²) in [4.78, 5) is 11.2. The van der Waals surface area contributed by atoms with Crippen LogP contribution in [-0.4, -0.2) is 32.3 Å². The van der Waals surface area contributed by atoms with Gasteiger partial charge in [-0.1, -0.05) is 23.5 Å². The summed E-state index contributed by atoms with van der Waals surface area (Å²) in [6.45, 7) is 1.97.